The molecule has 0 amide bonds. The molecule has 0 saturated carbocycles. The number of ether oxygens (including phenoxy) is 1. The zero-order chi connectivity index (χ0) is 21.1. The van der Waals surface area contributed by atoms with E-state index >= 15 is 0 Å². The molecule has 0 saturated heterocycles. The molecule has 2 aromatic rings. The first-order chi connectivity index (χ1) is 14.1. The molecular formula is C22H34N6O. The van der Waals surface area contributed by atoms with Gasteiger partial charge in [-0.2, -0.15) is 15.1 Å². The molecule has 0 aliphatic heterocycles. The van der Waals surface area contributed by atoms with Gasteiger partial charge < -0.3 is 15.0 Å². The fraction of sp³-hybridized carbons (Fsp3) is 0.500. The molecular weight excluding hydrogens is 364 g/mol. The number of nitrogens with one attached hydrogen (secondary N) is 2. The van der Waals surface area contributed by atoms with Crippen LogP contribution in [0.2, 0.25) is 0 Å². The molecule has 0 unspecified atom stereocenters. The molecule has 1 heterocycles. The second kappa shape index (κ2) is 12.0. The highest BCUT2D eigenvalue weighted by molar-refractivity contribution is 5.79. The maximum Gasteiger partial charge on any atom is 0.319 e. The van der Waals surface area contributed by atoms with Crippen molar-refractivity contribution in [2.24, 2.45) is 5.10 Å². The van der Waals surface area contributed by atoms with Crippen molar-refractivity contribution in [2.75, 3.05) is 43.6 Å². The van der Waals surface area contributed by atoms with E-state index in [1.165, 1.54) is 11.1 Å². The Hall–Kier alpha value is -2.67. The summed E-state index contributed by atoms with van der Waals surface area (Å²) in [6, 6.07) is 8.51. The summed E-state index contributed by atoms with van der Waals surface area (Å²) in [5.41, 5.74) is 7.22. The molecule has 1 aromatic carbocycles. The summed E-state index contributed by atoms with van der Waals surface area (Å²) in [5.74, 6) is 0.871. The molecule has 2 N–H and O–H groups in total. The number of hydrazone groups is 1. The maximum absolute atomic E-state index is 5.73. The summed E-state index contributed by atoms with van der Waals surface area (Å²) in [6.07, 6.45) is 3.82. The average molecular weight is 399 g/mol. The van der Waals surface area contributed by atoms with Gasteiger partial charge in [-0.05, 0) is 57.0 Å². The predicted molar refractivity (Wildman–Crippen MR) is 121 cm³/mol. The van der Waals surface area contributed by atoms with Crippen molar-refractivity contribution < 1.29 is 4.74 Å². The lowest BCUT2D eigenvalue weighted by Gasteiger charge is -2.23. The number of nitrogens with zero attached hydrogens (tertiary/aromatic N) is 4. The van der Waals surface area contributed by atoms with Crippen molar-refractivity contribution in [1.29, 1.82) is 0 Å². The van der Waals surface area contributed by atoms with Crippen molar-refractivity contribution >= 4 is 17.7 Å². The average Bonchev–Trinajstić information content (AvgIpc) is 2.70. The van der Waals surface area contributed by atoms with E-state index in [9.17, 15) is 0 Å². The fourth-order valence-electron chi connectivity index (χ4n) is 2.83. The molecule has 158 valence electrons. The van der Waals surface area contributed by atoms with Crippen molar-refractivity contribution in [3.05, 3.63) is 41.1 Å². The molecule has 0 fully saturated rings. The Bertz CT molecular complexity index is 787. The van der Waals surface area contributed by atoms with Gasteiger partial charge in [0.05, 0.1) is 17.6 Å². The van der Waals surface area contributed by atoms with E-state index < -0.39 is 0 Å². The zero-order valence-electron chi connectivity index (χ0n) is 18.3. The predicted octanol–water partition coefficient (Wildman–Crippen LogP) is 3.76. The van der Waals surface area contributed by atoms with Crippen LogP contribution in [0.5, 0.6) is 6.01 Å². The van der Waals surface area contributed by atoms with Gasteiger partial charge in [0.1, 0.15) is 12.4 Å². The second-order valence-corrected chi connectivity index (χ2v) is 7.04. The standard InChI is InChI=1S/C22H34N6O/c1-6-11-28(12-7-2)21-15-20(25-22(26-21)29-13-10-23-5)16-24-27-19-9-8-17(3)18(4)14-19/h8-9,14-16,23,27H,6-7,10-13H2,1-5H3/b24-16+. The molecule has 7 heteroatoms. The summed E-state index contributed by atoms with van der Waals surface area (Å²) in [7, 11) is 1.89. The van der Waals surface area contributed by atoms with E-state index in [0.29, 0.717) is 18.3 Å². The van der Waals surface area contributed by atoms with Gasteiger partial charge in [-0.15, -0.1) is 0 Å². The van der Waals surface area contributed by atoms with Gasteiger partial charge in [0.2, 0.25) is 0 Å². The van der Waals surface area contributed by atoms with Crippen LogP contribution in [0.3, 0.4) is 0 Å². The number of hydrogen-bond donors (Lipinski definition) is 2. The second-order valence-electron chi connectivity index (χ2n) is 7.04. The monoisotopic (exact) mass is 398 g/mol. The third-order valence-corrected chi connectivity index (χ3v) is 4.50. The van der Waals surface area contributed by atoms with Gasteiger partial charge in [-0.1, -0.05) is 19.9 Å². The van der Waals surface area contributed by atoms with E-state index in [1.807, 2.05) is 19.2 Å². The largest absolute Gasteiger partial charge is 0.462 e. The Balaban J connectivity index is 2.21. The number of rotatable bonds is 12. The third kappa shape index (κ3) is 7.34. The zero-order valence-corrected chi connectivity index (χ0v) is 18.3. The van der Waals surface area contributed by atoms with Crippen LogP contribution in [0.4, 0.5) is 11.5 Å². The number of aromatic nitrogens is 2. The third-order valence-electron chi connectivity index (χ3n) is 4.50. The van der Waals surface area contributed by atoms with Crippen molar-refractivity contribution in [3.8, 4) is 6.01 Å². The number of aryl methyl sites for hydroxylation is 2. The lowest BCUT2D eigenvalue weighted by atomic mass is 10.1. The summed E-state index contributed by atoms with van der Waals surface area (Å²) >= 11 is 0. The van der Waals surface area contributed by atoms with Crippen LogP contribution in [0.25, 0.3) is 0 Å². The van der Waals surface area contributed by atoms with Crippen LogP contribution in [0, 0.1) is 13.8 Å². The first kappa shape index (κ1) is 22.6. The van der Waals surface area contributed by atoms with E-state index in [0.717, 1.165) is 44.0 Å². The summed E-state index contributed by atoms with van der Waals surface area (Å²) in [4.78, 5) is 11.4. The normalized spacial score (nSPS) is 11.1. The molecule has 0 bridgehead atoms. The number of benzene rings is 1. The summed E-state index contributed by atoms with van der Waals surface area (Å²) in [6.45, 7) is 11.7. The van der Waals surface area contributed by atoms with Crippen molar-refractivity contribution in [3.63, 3.8) is 0 Å². The highest BCUT2D eigenvalue weighted by atomic mass is 16.5. The van der Waals surface area contributed by atoms with Gasteiger partial charge >= 0.3 is 6.01 Å². The van der Waals surface area contributed by atoms with Crippen LogP contribution in [0.15, 0.2) is 29.4 Å². The molecule has 1 aromatic heterocycles. The minimum Gasteiger partial charge on any atom is -0.462 e. The lowest BCUT2D eigenvalue weighted by molar-refractivity contribution is 0.293. The Kier molecular flexibility index (Phi) is 9.37. The van der Waals surface area contributed by atoms with E-state index in [4.69, 9.17) is 4.74 Å². The van der Waals surface area contributed by atoms with Crippen LogP contribution in [-0.2, 0) is 0 Å². The van der Waals surface area contributed by atoms with E-state index in [1.54, 1.807) is 6.21 Å². The molecule has 0 aliphatic carbocycles. The molecule has 0 aliphatic rings. The summed E-state index contributed by atoms with van der Waals surface area (Å²) < 4.78 is 5.73. The molecule has 7 nitrogen and oxygen atoms in total. The Morgan fingerprint density at radius 2 is 1.83 bits per heavy atom. The van der Waals surface area contributed by atoms with Gasteiger partial charge in [0.15, 0.2) is 0 Å². The maximum atomic E-state index is 5.73. The minimum atomic E-state index is 0.377. The summed E-state index contributed by atoms with van der Waals surface area (Å²) in [5, 5.41) is 7.43. The smallest absolute Gasteiger partial charge is 0.319 e. The van der Waals surface area contributed by atoms with E-state index in [-0.39, 0.29) is 0 Å². The van der Waals surface area contributed by atoms with Crippen LogP contribution >= 0.6 is 0 Å². The Labute approximate surface area is 174 Å². The first-order valence-electron chi connectivity index (χ1n) is 10.3. The number of likely N-dealkylation sites (N-methyl/N-ethyl adjacent to an activating group) is 1. The fourth-order valence-corrected chi connectivity index (χ4v) is 2.83. The quantitative estimate of drug-likeness (QED) is 0.322. The van der Waals surface area contributed by atoms with Gasteiger partial charge in [-0.25, -0.2) is 0 Å². The van der Waals surface area contributed by atoms with Crippen molar-refractivity contribution in [1.82, 2.24) is 15.3 Å². The lowest BCUT2D eigenvalue weighted by Crippen LogP contribution is -2.26. The highest BCUT2D eigenvalue weighted by Gasteiger charge is 2.11. The Morgan fingerprint density at radius 1 is 1.07 bits per heavy atom. The van der Waals surface area contributed by atoms with Crippen LogP contribution < -0.4 is 20.4 Å². The minimum absolute atomic E-state index is 0.377. The SMILES string of the molecule is CCCN(CCC)c1cc(/C=N/Nc2ccc(C)c(C)c2)nc(OCCNC)n1. The number of anilines is 2. The van der Waals surface area contributed by atoms with Gasteiger partial charge in [0, 0.05) is 25.7 Å². The molecule has 2 rings (SSSR count). The Morgan fingerprint density at radius 3 is 2.48 bits per heavy atom. The van der Waals surface area contributed by atoms with Crippen LogP contribution in [0.1, 0.15) is 43.5 Å². The van der Waals surface area contributed by atoms with Crippen LogP contribution in [-0.4, -0.2) is 49.5 Å². The first-order valence-corrected chi connectivity index (χ1v) is 10.3. The molecule has 29 heavy (non-hydrogen) atoms. The topological polar surface area (TPSA) is 74.7 Å². The molecule has 0 atom stereocenters. The molecule has 0 spiro atoms. The van der Waals surface area contributed by atoms with Gasteiger partial charge in [0.25, 0.3) is 0 Å². The van der Waals surface area contributed by atoms with E-state index in [2.05, 4.69) is 70.5 Å². The van der Waals surface area contributed by atoms with Crippen molar-refractivity contribution in [2.45, 2.75) is 40.5 Å². The van der Waals surface area contributed by atoms with Gasteiger partial charge in [-0.3, -0.25) is 5.43 Å². The molecule has 0 radical (unpaired) electrons. The highest BCUT2D eigenvalue weighted by Crippen LogP contribution is 2.17. The number of hydrogen-bond acceptors (Lipinski definition) is 7.